The maximum atomic E-state index is 11.1. The molecule has 1 fully saturated rings. The van der Waals surface area contributed by atoms with Crippen LogP contribution >= 0.6 is 0 Å². The summed E-state index contributed by atoms with van der Waals surface area (Å²) in [5.41, 5.74) is 0.995. The normalized spacial score (nSPS) is 31.1. The molecule has 0 saturated heterocycles. The molecule has 4 nitrogen and oxygen atoms in total. The van der Waals surface area contributed by atoms with Crippen LogP contribution in [0.1, 0.15) is 33.6 Å². The highest BCUT2D eigenvalue weighted by molar-refractivity contribution is 5.87. The molecular formula is C12H18O4. The summed E-state index contributed by atoms with van der Waals surface area (Å²) in [6.45, 7) is 5.20. The zero-order valence-corrected chi connectivity index (χ0v) is 9.86. The molecule has 0 heterocycles. The fraction of sp³-hybridized carbons (Fsp3) is 0.667. The van der Waals surface area contributed by atoms with Gasteiger partial charge in [0, 0.05) is 5.57 Å². The first kappa shape index (κ1) is 12.7. The molecular weight excluding hydrogens is 208 g/mol. The molecule has 4 heteroatoms. The summed E-state index contributed by atoms with van der Waals surface area (Å²) in [4.78, 5) is 22.0. The number of carbonyl (C=O) groups is 2. The number of hydrogen-bond acceptors (Lipinski definition) is 2. The lowest BCUT2D eigenvalue weighted by Crippen LogP contribution is -2.24. The predicted molar refractivity (Wildman–Crippen MR) is 59.0 cm³/mol. The molecule has 0 bridgehead atoms. The molecule has 0 aliphatic heterocycles. The van der Waals surface area contributed by atoms with Gasteiger partial charge in [-0.3, -0.25) is 4.79 Å². The third kappa shape index (κ3) is 2.26. The predicted octanol–water partition coefficient (Wildman–Crippen LogP) is 2.15. The highest BCUT2D eigenvalue weighted by atomic mass is 16.4. The number of carboxylic acids is 2. The second kappa shape index (κ2) is 4.68. The first-order valence-electron chi connectivity index (χ1n) is 5.49. The maximum Gasteiger partial charge on any atom is 0.331 e. The molecule has 0 radical (unpaired) electrons. The molecule has 3 atom stereocenters. The minimum Gasteiger partial charge on any atom is -0.481 e. The summed E-state index contributed by atoms with van der Waals surface area (Å²) < 4.78 is 0. The van der Waals surface area contributed by atoms with Crippen LogP contribution in [0.15, 0.2) is 11.1 Å². The topological polar surface area (TPSA) is 74.6 Å². The van der Waals surface area contributed by atoms with Crippen LogP contribution in [0.5, 0.6) is 0 Å². The average molecular weight is 226 g/mol. The van der Waals surface area contributed by atoms with Crippen LogP contribution in [0.25, 0.3) is 0 Å². The lowest BCUT2D eigenvalue weighted by molar-refractivity contribution is -0.144. The second-order valence-corrected chi connectivity index (χ2v) is 4.64. The van der Waals surface area contributed by atoms with Gasteiger partial charge in [-0.25, -0.2) is 4.79 Å². The minimum absolute atomic E-state index is 0.122. The van der Waals surface area contributed by atoms with Crippen LogP contribution in [-0.2, 0) is 9.59 Å². The standard InChI is InChI=1S/C12H18O4/c1-6-4-5-9(10(6)12(15)16)7(2)8(3)11(13)14/h6,9-10H,4-5H2,1-3H3,(H,13,14)(H,15,16)/b8-7+. The van der Waals surface area contributed by atoms with E-state index in [0.29, 0.717) is 5.57 Å². The Bertz CT molecular complexity index is 343. The van der Waals surface area contributed by atoms with Crippen molar-refractivity contribution in [1.29, 1.82) is 0 Å². The Labute approximate surface area is 95.0 Å². The Morgan fingerprint density at radius 2 is 1.69 bits per heavy atom. The van der Waals surface area contributed by atoms with Crippen LogP contribution in [0, 0.1) is 17.8 Å². The first-order chi connectivity index (χ1) is 7.36. The summed E-state index contributed by atoms with van der Waals surface area (Å²) in [5, 5.41) is 18.1. The van der Waals surface area contributed by atoms with Crippen molar-refractivity contribution >= 4 is 11.9 Å². The van der Waals surface area contributed by atoms with Crippen molar-refractivity contribution in [3.63, 3.8) is 0 Å². The van der Waals surface area contributed by atoms with E-state index < -0.39 is 17.9 Å². The van der Waals surface area contributed by atoms with Crippen LogP contribution in [0.4, 0.5) is 0 Å². The molecule has 1 aliphatic rings. The summed E-state index contributed by atoms with van der Waals surface area (Å²) in [7, 11) is 0. The maximum absolute atomic E-state index is 11.1. The van der Waals surface area contributed by atoms with Gasteiger partial charge in [-0.05, 0) is 38.5 Å². The lowest BCUT2D eigenvalue weighted by Gasteiger charge is -2.20. The van der Waals surface area contributed by atoms with Crippen molar-refractivity contribution < 1.29 is 19.8 Å². The van der Waals surface area contributed by atoms with Crippen molar-refractivity contribution in [2.24, 2.45) is 17.8 Å². The Kier molecular flexibility index (Phi) is 3.73. The van der Waals surface area contributed by atoms with Gasteiger partial charge in [0.25, 0.3) is 0 Å². The molecule has 1 aliphatic carbocycles. The van der Waals surface area contributed by atoms with Gasteiger partial charge < -0.3 is 10.2 Å². The van der Waals surface area contributed by atoms with Gasteiger partial charge in [0.05, 0.1) is 5.92 Å². The Hall–Kier alpha value is -1.32. The van der Waals surface area contributed by atoms with E-state index in [0.717, 1.165) is 12.8 Å². The van der Waals surface area contributed by atoms with Gasteiger partial charge in [0.15, 0.2) is 0 Å². The Morgan fingerprint density at radius 3 is 2.12 bits per heavy atom. The van der Waals surface area contributed by atoms with Crippen LogP contribution in [0.2, 0.25) is 0 Å². The van der Waals surface area contributed by atoms with E-state index in [1.807, 2.05) is 6.92 Å². The van der Waals surface area contributed by atoms with E-state index >= 15 is 0 Å². The van der Waals surface area contributed by atoms with Gasteiger partial charge in [0.1, 0.15) is 0 Å². The van der Waals surface area contributed by atoms with E-state index in [1.54, 1.807) is 13.8 Å². The molecule has 3 unspecified atom stereocenters. The second-order valence-electron chi connectivity index (χ2n) is 4.64. The third-order valence-electron chi connectivity index (χ3n) is 3.73. The fourth-order valence-corrected chi connectivity index (χ4v) is 2.55. The number of carboxylic acid groups (broad SMARTS) is 2. The van der Waals surface area contributed by atoms with Crippen LogP contribution in [0.3, 0.4) is 0 Å². The molecule has 1 saturated carbocycles. The quantitative estimate of drug-likeness (QED) is 0.723. The van der Waals surface area contributed by atoms with Crippen molar-refractivity contribution in [1.82, 2.24) is 0 Å². The van der Waals surface area contributed by atoms with Gasteiger partial charge in [-0.15, -0.1) is 0 Å². The average Bonchev–Trinajstić information content (AvgIpc) is 2.57. The zero-order valence-electron chi connectivity index (χ0n) is 9.86. The molecule has 90 valence electrons. The lowest BCUT2D eigenvalue weighted by atomic mass is 9.84. The van der Waals surface area contributed by atoms with E-state index in [1.165, 1.54) is 0 Å². The van der Waals surface area contributed by atoms with E-state index in [9.17, 15) is 9.59 Å². The molecule has 16 heavy (non-hydrogen) atoms. The molecule has 1 rings (SSSR count). The summed E-state index contributed by atoms with van der Waals surface area (Å²) in [5.74, 6) is -2.20. The molecule has 2 N–H and O–H groups in total. The highest BCUT2D eigenvalue weighted by Crippen LogP contribution is 2.41. The van der Waals surface area contributed by atoms with Gasteiger partial charge in [-0.1, -0.05) is 12.5 Å². The zero-order chi connectivity index (χ0) is 12.5. The van der Waals surface area contributed by atoms with Gasteiger partial charge >= 0.3 is 11.9 Å². The Balaban J connectivity index is 3.01. The third-order valence-corrected chi connectivity index (χ3v) is 3.73. The largest absolute Gasteiger partial charge is 0.481 e. The number of hydrogen-bond donors (Lipinski definition) is 2. The van der Waals surface area contributed by atoms with Crippen molar-refractivity contribution in [3.05, 3.63) is 11.1 Å². The van der Waals surface area contributed by atoms with Crippen molar-refractivity contribution in [2.45, 2.75) is 33.6 Å². The Morgan fingerprint density at radius 1 is 1.12 bits per heavy atom. The van der Waals surface area contributed by atoms with E-state index in [4.69, 9.17) is 10.2 Å². The first-order valence-corrected chi connectivity index (χ1v) is 5.49. The summed E-state index contributed by atoms with van der Waals surface area (Å²) in [6.07, 6.45) is 1.63. The summed E-state index contributed by atoms with van der Waals surface area (Å²) in [6, 6.07) is 0. The molecule has 0 aromatic carbocycles. The van der Waals surface area contributed by atoms with Crippen molar-refractivity contribution in [2.75, 3.05) is 0 Å². The smallest absolute Gasteiger partial charge is 0.331 e. The van der Waals surface area contributed by atoms with Crippen molar-refractivity contribution in [3.8, 4) is 0 Å². The van der Waals surface area contributed by atoms with Gasteiger partial charge in [0.2, 0.25) is 0 Å². The number of allylic oxidation sites excluding steroid dienone is 1. The fourth-order valence-electron chi connectivity index (χ4n) is 2.55. The SMILES string of the molecule is C/C(C(=O)O)=C(/C)C1CCC(C)C1C(=O)O. The summed E-state index contributed by atoms with van der Waals surface area (Å²) >= 11 is 0. The molecule has 0 spiro atoms. The van der Waals surface area contributed by atoms with E-state index in [-0.39, 0.29) is 17.4 Å². The van der Waals surface area contributed by atoms with Crippen LogP contribution < -0.4 is 0 Å². The molecule has 0 amide bonds. The van der Waals surface area contributed by atoms with Crippen LogP contribution in [-0.4, -0.2) is 22.2 Å². The van der Waals surface area contributed by atoms with Gasteiger partial charge in [-0.2, -0.15) is 0 Å². The number of rotatable bonds is 3. The molecule has 0 aromatic rings. The highest BCUT2D eigenvalue weighted by Gasteiger charge is 2.40. The monoisotopic (exact) mass is 226 g/mol. The molecule has 0 aromatic heterocycles. The van der Waals surface area contributed by atoms with E-state index in [2.05, 4.69) is 0 Å². The number of aliphatic carboxylic acids is 2. The minimum atomic E-state index is -0.957.